The fourth-order valence-electron chi connectivity index (χ4n) is 4.64. The number of carbonyl (C=O) groups is 1. The fourth-order valence-corrected chi connectivity index (χ4v) is 5.08. The molecule has 8 heteroatoms. The van der Waals surface area contributed by atoms with Gasteiger partial charge >= 0.3 is 0 Å². The standard InChI is InChI=1S/C30H27FN4O2S/c1-30(2,3)27(19-7-5-4-6-8-19)25-16-23(12-13-24(25)28(36)34-29-35-32-18-38-29)37-17-22-11-9-20-15-21(31)10-14-26(20)33-22/h4-16,18,27H,17H2,1-3H3,(H,34,35,36)/t27-/m1/s1. The summed E-state index contributed by atoms with van der Waals surface area (Å²) in [5, 5.41) is 11.8. The third-order valence-electron chi connectivity index (χ3n) is 6.25. The van der Waals surface area contributed by atoms with Crippen molar-refractivity contribution >= 4 is 33.3 Å². The lowest BCUT2D eigenvalue weighted by atomic mass is 9.71. The first-order valence-corrected chi connectivity index (χ1v) is 13.1. The maximum atomic E-state index is 13.5. The molecule has 2 aromatic heterocycles. The predicted molar refractivity (Wildman–Crippen MR) is 148 cm³/mol. The van der Waals surface area contributed by atoms with Crippen molar-refractivity contribution in [3.8, 4) is 5.75 Å². The molecule has 0 saturated heterocycles. The topological polar surface area (TPSA) is 77.0 Å². The van der Waals surface area contributed by atoms with E-state index in [4.69, 9.17) is 4.74 Å². The number of carbonyl (C=O) groups excluding carboxylic acids is 1. The molecule has 1 N–H and O–H groups in total. The number of hydrogen-bond donors (Lipinski definition) is 1. The number of rotatable bonds is 7. The summed E-state index contributed by atoms with van der Waals surface area (Å²) in [6.45, 7) is 6.71. The number of halogens is 1. The van der Waals surface area contributed by atoms with Crippen LogP contribution in [0, 0.1) is 11.2 Å². The minimum Gasteiger partial charge on any atom is -0.487 e. The maximum absolute atomic E-state index is 13.5. The SMILES string of the molecule is CC(C)(C)[C@H](c1ccccc1)c1cc(OCc2ccc3cc(F)ccc3n2)ccc1C(=O)Nc1nncs1. The number of nitrogens with zero attached hydrogens (tertiary/aromatic N) is 3. The molecule has 0 aliphatic carbocycles. The number of amides is 1. The minimum atomic E-state index is -0.294. The molecule has 5 rings (SSSR count). The molecule has 1 atom stereocenters. The van der Waals surface area contributed by atoms with Gasteiger partial charge in [0.15, 0.2) is 0 Å². The highest BCUT2D eigenvalue weighted by atomic mass is 32.1. The Bertz CT molecular complexity index is 1570. The van der Waals surface area contributed by atoms with Crippen LogP contribution in [-0.4, -0.2) is 21.1 Å². The number of anilines is 1. The molecule has 5 aromatic rings. The Morgan fingerprint density at radius 1 is 1.03 bits per heavy atom. The van der Waals surface area contributed by atoms with Crippen molar-refractivity contribution in [2.45, 2.75) is 33.3 Å². The second-order valence-electron chi connectivity index (χ2n) is 10.1. The Morgan fingerprint density at radius 2 is 1.84 bits per heavy atom. The molecular weight excluding hydrogens is 499 g/mol. The van der Waals surface area contributed by atoms with Crippen LogP contribution in [0.15, 0.2) is 84.4 Å². The first-order valence-electron chi connectivity index (χ1n) is 12.2. The normalized spacial score (nSPS) is 12.3. The smallest absolute Gasteiger partial charge is 0.257 e. The van der Waals surface area contributed by atoms with Crippen molar-refractivity contribution in [3.05, 3.63) is 113 Å². The van der Waals surface area contributed by atoms with Gasteiger partial charge in [-0.05, 0) is 59.0 Å². The van der Waals surface area contributed by atoms with Gasteiger partial charge in [0, 0.05) is 16.9 Å². The van der Waals surface area contributed by atoms with Crippen molar-refractivity contribution in [2.75, 3.05) is 5.32 Å². The third-order valence-corrected chi connectivity index (χ3v) is 6.86. The van der Waals surface area contributed by atoms with Crippen LogP contribution in [0.5, 0.6) is 5.75 Å². The van der Waals surface area contributed by atoms with Gasteiger partial charge in [-0.3, -0.25) is 10.1 Å². The summed E-state index contributed by atoms with van der Waals surface area (Å²) < 4.78 is 19.7. The molecule has 0 unspecified atom stereocenters. The molecule has 1 amide bonds. The van der Waals surface area contributed by atoms with Gasteiger partial charge in [0.25, 0.3) is 5.91 Å². The third kappa shape index (κ3) is 5.70. The van der Waals surface area contributed by atoms with Crippen molar-refractivity contribution in [1.29, 1.82) is 0 Å². The van der Waals surface area contributed by atoms with E-state index in [9.17, 15) is 9.18 Å². The van der Waals surface area contributed by atoms with Crippen molar-refractivity contribution in [1.82, 2.24) is 15.2 Å². The van der Waals surface area contributed by atoms with E-state index < -0.39 is 0 Å². The molecule has 0 bridgehead atoms. The largest absolute Gasteiger partial charge is 0.487 e. The maximum Gasteiger partial charge on any atom is 0.257 e. The van der Waals surface area contributed by atoms with Crippen LogP contribution in [0.25, 0.3) is 10.9 Å². The molecule has 0 saturated carbocycles. The van der Waals surface area contributed by atoms with E-state index in [0.29, 0.717) is 22.0 Å². The summed E-state index contributed by atoms with van der Waals surface area (Å²) in [5.41, 5.74) is 5.30. The number of benzene rings is 3. The highest BCUT2D eigenvalue weighted by Crippen LogP contribution is 2.43. The van der Waals surface area contributed by atoms with Gasteiger partial charge in [0.2, 0.25) is 5.13 Å². The van der Waals surface area contributed by atoms with Crippen LogP contribution >= 0.6 is 11.3 Å². The zero-order valence-corrected chi connectivity index (χ0v) is 22.1. The average Bonchev–Trinajstić information content (AvgIpc) is 3.40. The Labute approximate surface area is 224 Å². The van der Waals surface area contributed by atoms with Crippen LogP contribution < -0.4 is 10.1 Å². The second-order valence-corrected chi connectivity index (χ2v) is 10.9. The van der Waals surface area contributed by atoms with Crippen molar-refractivity contribution in [2.24, 2.45) is 5.41 Å². The highest BCUT2D eigenvalue weighted by Gasteiger charge is 2.31. The zero-order valence-electron chi connectivity index (χ0n) is 21.3. The van der Waals surface area contributed by atoms with Crippen molar-refractivity contribution < 1.29 is 13.9 Å². The minimum absolute atomic E-state index is 0.0869. The number of aromatic nitrogens is 3. The summed E-state index contributed by atoms with van der Waals surface area (Å²) >= 11 is 1.27. The Morgan fingerprint density at radius 3 is 2.58 bits per heavy atom. The van der Waals surface area contributed by atoms with Crippen LogP contribution in [0.2, 0.25) is 0 Å². The number of ether oxygens (including phenoxy) is 1. The van der Waals surface area contributed by atoms with Gasteiger partial charge in [0.05, 0.1) is 11.2 Å². The molecule has 0 radical (unpaired) electrons. The summed E-state index contributed by atoms with van der Waals surface area (Å²) in [5.74, 6) is -0.00966. The Hall–Kier alpha value is -4.17. The Balaban J connectivity index is 1.50. The van der Waals surface area contributed by atoms with E-state index in [1.807, 2.05) is 36.4 Å². The first-order chi connectivity index (χ1) is 18.3. The summed E-state index contributed by atoms with van der Waals surface area (Å²) in [6, 6.07) is 23.9. The number of hydrogen-bond acceptors (Lipinski definition) is 6. The number of fused-ring (bicyclic) bond motifs is 1. The average molecular weight is 527 g/mol. The van der Waals surface area contributed by atoms with E-state index >= 15 is 0 Å². The lowest BCUT2D eigenvalue weighted by Crippen LogP contribution is -2.24. The fraction of sp³-hybridized carbons (Fsp3) is 0.200. The molecular formula is C30H27FN4O2S. The van der Waals surface area contributed by atoms with Gasteiger partial charge in [-0.1, -0.05) is 68.5 Å². The highest BCUT2D eigenvalue weighted by molar-refractivity contribution is 7.13. The number of pyridine rings is 1. The first kappa shape index (κ1) is 25.5. The van der Waals surface area contributed by atoms with Crippen LogP contribution in [0.1, 0.15) is 53.9 Å². The summed E-state index contributed by atoms with van der Waals surface area (Å²) in [6.07, 6.45) is 0. The van der Waals surface area contributed by atoms with Crippen molar-refractivity contribution in [3.63, 3.8) is 0 Å². The zero-order chi connectivity index (χ0) is 26.7. The Kier molecular flexibility index (Phi) is 7.15. The molecule has 3 aromatic carbocycles. The van der Waals surface area contributed by atoms with E-state index in [1.165, 1.54) is 23.5 Å². The molecule has 0 fully saturated rings. The second kappa shape index (κ2) is 10.7. The molecule has 0 spiro atoms. The molecule has 192 valence electrons. The van der Waals surface area contributed by atoms with E-state index in [-0.39, 0.29) is 29.7 Å². The molecule has 38 heavy (non-hydrogen) atoms. The summed E-state index contributed by atoms with van der Waals surface area (Å²) in [7, 11) is 0. The molecule has 0 aliphatic heterocycles. The lowest BCUT2D eigenvalue weighted by Gasteiger charge is -2.33. The van der Waals surface area contributed by atoms with E-state index in [0.717, 1.165) is 22.2 Å². The van der Waals surface area contributed by atoms with Gasteiger partial charge in [-0.15, -0.1) is 10.2 Å². The van der Waals surface area contributed by atoms with Gasteiger partial charge in [-0.25, -0.2) is 9.37 Å². The monoisotopic (exact) mass is 526 g/mol. The quantitative estimate of drug-likeness (QED) is 0.242. The number of nitrogens with one attached hydrogen (secondary N) is 1. The summed E-state index contributed by atoms with van der Waals surface area (Å²) in [4.78, 5) is 18.0. The van der Waals surface area contributed by atoms with Gasteiger partial charge in [0.1, 0.15) is 23.7 Å². The van der Waals surface area contributed by atoms with Gasteiger partial charge in [-0.2, -0.15) is 0 Å². The van der Waals surface area contributed by atoms with E-state index in [2.05, 4.69) is 53.4 Å². The molecule has 6 nitrogen and oxygen atoms in total. The van der Waals surface area contributed by atoms with Gasteiger partial charge < -0.3 is 4.74 Å². The van der Waals surface area contributed by atoms with Crippen LogP contribution in [0.4, 0.5) is 9.52 Å². The van der Waals surface area contributed by atoms with Crippen LogP contribution in [-0.2, 0) is 6.61 Å². The van der Waals surface area contributed by atoms with Crippen LogP contribution in [0.3, 0.4) is 0 Å². The predicted octanol–water partition coefficient (Wildman–Crippen LogP) is 7.23. The lowest BCUT2D eigenvalue weighted by molar-refractivity contribution is 0.102. The molecule has 2 heterocycles. The van der Waals surface area contributed by atoms with E-state index in [1.54, 1.807) is 23.7 Å². The molecule has 0 aliphatic rings.